The molecule has 0 amide bonds. The Bertz CT molecular complexity index is 620. The first-order valence-corrected chi connectivity index (χ1v) is 6.78. The molecule has 2 aromatic rings. The van der Waals surface area contributed by atoms with Gasteiger partial charge in [-0.15, -0.1) is 0 Å². The number of nitrogens with zero attached hydrogens (tertiary/aromatic N) is 1. The molecule has 2 N–H and O–H groups in total. The normalized spacial score (nSPS) is 10.8. The molecular formula is C14H17BrN2O2. The number of benzene rings is 1. The van der Waals surface area contributed by atoms with Crippen LogP contribution in [0, 0.1) is 20.8 Å². The standard InChI is InChI=1S/C14H17BrN2O2/c1-7-8(2)14(19-4)12(9(3)13(7)15)10-5-16-11(6-18)17-10/h5,18H,6H2,1-4H3,(H,16,17). The molecule has 0 aliphatic carbocycles. The van der Waals surface area contributed by atoms with Crippen molar-refractivity contribution in [1.29, 1.82) is 0 Å². The molecular weight excluding hydrogens is 308 g/mol. The quantitative estimate of drug-likeness (QED) is 0.911. The van der Waals surface area contributed by atoms with Gasteiger partial charge in [0.25, 0.3) is 0 Å². The second-order valence-electron chi connectivity index (χ2n) is 4.50. The number of aromatic nitrogens is 2. The summed E-state index contributed by atoms with van der Waals surface area (Å²) in [6, 6.07) is 0. The van der Waals surface area contributed by atoms with E-state index >= 15 is 0 Å². The van der Waals surface area contributed by atoms with Gasteiger partial charge in [0.15, 0.2) is 0 Å². The monoisotopic (exact) mass is 324 g/mol. The maximum absolute atomic E-state index is 9.11. The number of nitrogens with one attached hydrogen (secondary N) is 1. The number of hydrogen-bond donors (Lipinski definition) is 2. The lowest BCUT2D eigenvalue weighted by atomic mass is 9.97. The summed E-state index contributed by atoms with van der Waals surface area (Å²) >= 11 is 3.63. The third-order valence-electron chi connectivity index (χ3n) is 3.42. The van der Waals surface area contributed by atoms with E-state index in [1.807, 2.05) is 13.8 Å². The number of halogens is 1. The van der Waals surface area contributed by atoms with Gasteiger partial charge >= 0.3 is 0 Å². The Morgan fingerprint density at radius 1 is 1.26 bits per heavy atom. The molecule has 0 saturated carbocycles. The average molecular weight is 325 g/mol. The summed E-state index contributed by atoms with van der Waals surface area (Å²) in [6.45, 7) is 6.03. The Labute approximate surface area is 121 Å². The third kappa shape index (κ3) is 2.28. The first kappa shape index (κ1) is 14.1. The van der Waals surface area contributed by atoms with E-state index in [4.69, 9.17) is 9.84 Å². The number of aromatic amines is 1. The Hall–Kier alpha value is -1.33. The zero-order valence-corrected chi connectivity index (χ0v) is 13.1. The van der Waals surface area contributed by atoms with Crippen molar-refractivity contribution >= 4 is 15.9 Å². The summed E-state index contributed by atoms with van der Waals surface area (Å²) in [7, 11) is 1.67. The van der Waals surface area contributed by atoms with Gasteiger partial charge in [-0.05, 0) is 37.5 Å². The van der Waals surface area contributed by atoms with Gasteiger partial charge in [-0.2, -0.15) is 0 Å². The van der Waals surface area contributed by atoms with Crippen LogP contribution < -0.4 is 4.74 Å². The van der Waals surface area contributed by atoms with Gasteiger partial charge in [-0.3, -0.25) is 0 Å². The fourth-order valence-corrected chi connectivity index (χ4v) is 2.73. The van der Waals surface area contributed by atoms with Crippen molar-refractivity contribution in [3.8, 4) is 17.0 Å². The van der Waals surface area contributed by atoms with Gasteiger partial charge < -0.3 is 14.8 Å². The van der Waals surface area contributed by atoms with Crippen LogP contribution in [0.2, 0.25) is 0 Å². The first-order valence-electron chi connectivity index (χ1n) is 5.99. The number of methoxy groups -OCH3 is 1. The molecule has 4 nitrogen and oxygen atoms in total. The van der Waals surface area contributed by atoms with E-state index in [1.54, 1.807) is 13.3 Å². The molecule has 0 radical (unpaired) electrons. The van der Waals surface area contributed by atoms with Crippen LogP contribution in [0.25, 0.3) is 11.3 Å². The van der Waals surface area contributed by atoms with E-state index in [2.05, 4.69) is 32.8 Å². The van der Waals surface area contributed by atoms with Gasteiger partial charge in [0, 0.05) is 10.0 Å². The predicted octanol–water partition coefficient (Wildman–Crippen LogP) is 3.27. The maximum atomic E-state index is 9.11. The lowest BCUT2D eigenvalue weighted by Crippen LogP contribution is -1.99. The highest BCUT2D eigenvalue weighted by Gasteiger charge is 2.19. The number of imidazole rings is 1. The molecule has 0 unspecified atom stereocenters. The van der Waals surface area contributed by atoms with Crippen LogP contribution in [0.3, 0.4) is 0 Å². The molecule has 102 valence electrons. The van der Waals surface area contributed by atoms with Crippen LogP contribution in [0.1, 0.15) is 22.5 Å². The van der Waals surface area contributed by atoms with Crippen LogP contribution in [0.4, 0.5) is 0 Å². The second kappa shape index (κ2) is 5.35. The molecule has 2 rings (SSSR count). The van der Waals surface area contributed by atoms with Crippen molar-refractivity contribution < 1.29 is 9.84 Å². The zero-order valence-electron chi connectivity index (χ0n) is 11.5. The van der Waals surface area contributed by atoms with Gasteiger partial charge in [-0.1, -0.05) is 15.9 Å². The molecule has 1 aromatic heterocycles. The molecule has 0 aliphatic rings. The van der Waals surface area contributed by atoms with Gasteiger partial charge in [0.05, 0.1) is 19.0 Å². The summed E-state index contributed by atoms with van der Waals surface area (Å²) in [5.74, 6) is 1.39. The smallest absolute Gasteiger partial charge is 0.132 e. The summed E-state index contributed by atoms with van der Waals surface area (Å²) < 4.78 is 6.63. The molecule has 0 aliphatic heterocycles. The number of hydrogen-bond acceptors (Lipinski definition) is 3. The molecule has 0 saturated heterocycles. The minimum absolute atomic E-state index is 0.104. The Morgan fingerprint density at radius 3 is 2.47 bits per heavy atom. The summed E-state index contributed by atoms with van der Waals surface area (Å²) in [5, 5.41) is 9.11. The summed E-state index contributed by atoms with van der Waals surface area (Å²) in [5.41, 5.74) is 5.18. The van der Waals surface area contributed by atoms with Crippen LogP contribution in [-0.4, -0.2) is 22.2 Å². The minimum atomic E-state index is -0.104. The number of rotatable bonds is 3. The van der Waals surface area contributed by atoms with Crippen molar-refractivity contribution in [2.24, 2.45) is 0 Å². The van der Waals surface area contributed by atoms with E-state index < -0.39 is 0 Å². The van der Waals surface area contributed by atoms with E-state index in [0.717, 1.165) is 32.6 Å². The van der Waals surface area contributed by atoms with Crippen LogP contribution >= 0.6 is 15.9 Å². The molecule has 0 spiro atoms. The Balaban J connectivity index is 2.74. The van der Waals surface area contributed by atoms with Gasteiger partial charge in [0.1, 0.15) is 18.2 Å². The molecule has 19 heavy (non-hydrogen) atoms. The number of ether oxygens (including phenoxy) is 1. The minimum Gasteiger partial charge on any atom is -0.496 e. The number of aliphatic hydroxyl groups excluding tert-OH is 1. The molecule has 0 bridgehead atoms. The van der Waals surface area contributed by atoms with Crippen molar-refractivity contribution in [2.75, 3.05) is 7.11 Å². The zero-order chi connectivity index (χ0) is 14.2. The number of H-pyrrole nitrogens is 1. The predicted molar refractivity (Wildman–Crippen MR) is 78.4 cm³/mol. The van der Waals surface area contributed by atoms with E-state index in [9.17, 15) is 0 Å². The highest BCUT2D eigenvalue weighted by molar-refractivity contribution is 9.10. The van der Waals surface area contributed by atoms with Crippen molar-refractivity contribution in [2.45, 2.75) is 27.4 Å². The maximum Gasteiger partial charge on any atom is 0.132 e. The Morgan fingerprint density at radius 2 is 1.95 bits per heavy atom. The van der Waals surface area contributed by atoms with E-state index in [1.165, 1.54) is 5.56 Å². The Kier molecular flexibility index (Phi) is 3.96. The summed E-state index contributed by atoms with van der Waals surface area (Å²) in [6.07, 6.45) is 1.72. The SMILES string of the molecule is COc1c(C)c(C)c(Br)c(C)c1-c1cnc(CO)[nH]1. The molecule has 1 aromatic carbocycles. The van der Waals surface area contributed by atoms with E-state index in [-0.39, 0.29) is 6.61 Å². The highest BCUT2D eigenvalue weighted by Crippen LogP contribution is 2.41. The fourth-order valence-electron chi connectivity index (χ4n) is 2.23. The molecule has 0 atom stereocenters. The fraction of sp³-hybridized carbons (Fsp3) is 0.357. The topological polar surface area (TPSA) is 58.1 Å². The third-order valence-corrected chi connectivity index (χ3v) is 4.60. The molecule has 1 heterocycles. The largest absolute Gasteiger partial charge is 0.496 e. The molecule has 0 fully saturated rings. The number of aliphatic hydroxyl groups is 1. The lowest BCUT2D eigenvalue weighted by molar-refractivity contribution is 0.272. The molecule has 5 heteroatoms. The second-order valence-corrected chi connectivity index (χ2v) is 5.29. The lowest BCUT2D eigenvalue weighted by Gasteiger charge is -2.17. The summed E-state index contributed by atoms with van der Waals surface area (Å²) in [4.78, 5) is 7.24. The van der Waals surface area contributed by atoms with Crippen molar-refractivity contribution in [3.05, 3.63) is 33.2 Å². The van der Waals surface area contributed by atoms with Gasteiger partial charge in [-0.25, -0.2) is 4.98 Å². The van der Waals surface area contributed by atoms with Crippen LogP contribution in [0.15, 0.2) is 10.7 Å². The average Bonchev–Trinajstić information content (AvgIpc) is 2.88. The van der Waals surface area contributed by atoms with Gasteiger partial charge in [0.2, 0.25) is 0 Å². The van der Waals surface area contributed by atoms with Crippen LogP contribution in [0.5, 0.6) is 5.75 Å². The van der Waals surface area contributed by atoms with Crippen molar-refractivity contribution in [1.82, 2.24) is 9.97 Å². The van der Waals surface area contributed by atoms with Crippen LogP contribution in [-0.2, 0) is 6.61 Å². The highest BCUT2D eigenvalue weighted by atomic mass is 79.9. The van der Waals surface area contributed by atoms with Crippen molar-refractivity contribution in [3.63, 3.8) is 0 Å². The van der Waals surface area contributed by atoms with E-state index in [0.29, 0.717) is 5.82 Å². The first-order chi connectivity index (χ1) is 9.01.